The van der Waals surface area contributed by atoms with E-state index in [1.807, 2.05) is 6.07 Å². The molecular formula is C22H21BrClNO5. The van der Waals surface area contributed by atoms with Crippen LogP contribution in [0.25, 0.3) is 22.3 Å². The number of aliphatic hydroxyl groups is 1. The smallest absolute Gasteiger partial charge is 0.197 e. The van der Waals surface area contributed by atoms with Crippen LogP contribution in [0.3, 0.4) is 0 Å². The Kier molecular flexibility index (Phi) is 6.06. The number of aliphatic hydroxyl groups excluding tert-OH is 1. The molecule has 0 saturated carbocycles. The Morgan fingerprint density at radius 2 is 2.00 bits per heavy atom. The predicted molar refractivity (Wildman–Crippen MR) is 120 cm³/mol. The Bertz CT molecular complexity index is 1160. The molecule has 3 aromatic rings. The number of hydrogen-bond acceptors (Lipinski definition) is 6. The Morgan fingerprint density at radius 1 is 1.23 bits per heavy atom. The monoisotopic (exact) mass is 493 g/mol. The van der Waals surface area contributed by atoms with Crippen LogP contribution >= 0.6 is 27.5 Å². The predicted octanol–water partition coefficient (Wildman–Crippen LogP) is 4.33. The van der Waals surface area contributed by atoms with E-state index in [1.54, 1.807) is 25.3 Å². The molecule has 2 atom stereocenters. The van der Waals surface area contributed by atoms with Gasteiger partial charge >= 0.3 is 0 Å². The van der Waals surface area contributed by atoms with Crippen LogP contribution in [0.15, 0.2) is 44.0 Å². The molecule has 4 rings (SSSR count). The molecule has 158 valence electrons. The van der Waals surface area contributed by atoms with Gasteiger partial charge in [0.15, 0.2) is 5.43 Å². The van der Waals surface area contributed by atoms with Gasteiger partial charge in [-0.15, -0.1) is 0 Å². The van der Waals surface area contributed by atoms with Gasteiger partial charge in [-0.3, -0.25) is 4.79 Å². The lowest BCUT2D eigenvalue weighted by Crippen LogP contribution is -2.30. The van der Waals surface area contributed by atoms with Crippen LogP contribution < -0.4 is 20.2 Å². The molecule has 8 heteroatoms. The number of methoxy groups -OCH3 is 2. The van der Waals surface area contributed by atoms with E-state index in [0.29, 0.717) is 38.8 Å². The lowest BCUT2D eigenvalue weighted by Gasteiger charge is -2.22. The lowest BCUT2D eigenvalue weighted by molar-refractivity contribution is 0.244. The Hall–Kier alpha value is -2.06. The molecule has 0 bridgehead atoms. The van der Waals surface area contributed by atoms with E-state index in [9.17, 15) is 9.90 Å². The van der Waals surface area contributed by atoms with Crippen LogP contribution in [-0.4, -0.2) is 38.5 Å². The molecule has 0 radical (unpaired) electrons. The van der Waals surface area contributed by atoms with Gasteiger partial charge in [0, 0.05) is 39.7 Å². The van der Waals surface area contributed by atoms with Crippen molar-refractivity contribution < 1.29 is 19.0 Å². The highest BCUT2D eigenvalue weighted by Gasteiger charge is 2.34. The van der Waals surface area contributed by atoms with Crippen molar-refractivity contribution >= 4 is 38.5 Å². The van der Waals surface area contributed by atoms with Gasteiger partial charge in [0.25, 0.3) is 0 Å². The third-order valence-corrected chi connectivity index (χ3v) is 6.32. The molecule has 1 aliphatic rings. The molecule has 2 aromatic carbocycles. The topological polar surface area (TPSA) is 80.9 Å². The van der Waals surface area contributed by atoms with Crippen molar-refractivity contribution in [3.63, 3.8) is 0 Å². The second-order valence-electron chi connectivity index (χ2n) is 7.14. The fourth-order valence-electron chi connectivity index (χ4n) is 4.11. The van der Waals surface area contributed by atoms with Crippen LogP contribution in [0.1, 0.15) is 17.9 Å². The summed E-state index contributed by atoms with van der Waals surface area (Å²) >= 11 is 9.80. The summed E-state index contributed by atoms with van der Waals surface area (Å²) in [6, 6.07) is 8.33. The highest BCUT2D eigenvalue weighted by atomic mass is 79.9. The Labute approximate surface area is 186 Å². The molecule has 2 N–H and O–H groups in total. The van der Waals surface area contributed by atoms with Crippen molar-refractivity contribution in [2.75, 3.05) is 27.4 Å². The van der Waals surface area contributed by atoms with E-state index in [0.717, 1.165) is 23.0 Å². The summed E-state index contributed by atoms with van der Waals surface area (Å²) in [7, 11) is 3.06. The zero-order valence-corrected chi connectivity index (χ0v) is 18.8. The number of halogens is 2. The zero-order chi connectivity index (χ0) is 21.4. The molecule has 1 saturated heterocycles. The van der Waals surface area contributed by atoms with Crippen molar-refractivity contribution in [3.05, 3.63) is 55.6 Å². The minimum absolute atomic E-state index is 0.0379. The Balaban J connectivity index is 2.06. The fourth-order valence-corrected chi connectivity index (χ4v) is 4.87. The molecule has 0 spiro atoms. The highest BCUT2D eigenvalue weighted by Crippen LogP contribution is 2.43. The molecule has 2 unspecified atom stereocenters. The summed E-state index contributed by atoms with van der Waals surface area (Å²) in [5.74, 6) is 1.19. The second kappa shape index (κ2) is 8.59. The molecule has 6 nitrogen and oxygen atoms in total. The molecule has 1 aromatic heterocycles. The molecule has 0 aliphatic carbocycles. The van der Waals surface area contributed by atoms with Crippen LogP contribution in [0, 0.1) is 0 Å². The van der Waals surface area contributed by atoms with Gasteiger partial charge in [-0.25, -0.2) is 0 Å². The van der Waals surface area contributed by atoms with Gasteiger partial charge in [0.2, 0.25) is 0 Å². The van der Waals surface area contributed by atoms with Crippen molar-refractivity contribution in [3.8, 4) is 22.8 Å². The largest absolute Gasteiger partial charge is 0.496 e. The zero-order valence-electron chi connectivity index (χ0n) is 16.5. The molecule has 0 amide bonds. The van der Waals surface area contributed by atoms with E-state index in [1.165, 1.54) is 13.2 Å². The van der Waals surface area contributed by atoms with Crippen LogP contribution in [-0.2, 0) is 0 Å². The number of fused-ring (bicyclic) bond motifs is 1. The van der Waals surface area contributed by atoms with E-state index in [4.69, 9.17) is 25.5 Å². The normalized spacial score (nSPS) is 18.7. The molecule has 2 heterocycles. The quantitative estimate of drug-likeness (QED) is 0.549. The van der Waals surface area contributed by atoms with Crippen LogP contribution in [0.5, 0.6) is 11.5 Å². The third-order valence-electron chi connectivity index (χ3n) is 5.52. The van der Waals surface area contributed by atoms with E-state index in [-0.39, 0.29) is 24.0 Å². The minimum atomic E-state index is -0.238. The van der Waals surface area contributed by atoms with E-state index >= 15 is 0 Å². The van der Waals surface area contributed by atoms with E-state index < -0.39 is 0 Å². The van der Waals surface area contributed by atoms with Crippen molar-refractivity contribution in [2.45, 2.75) is 18.4 Å². The summed E-state index contributed by atoms with van der Waals surface area (Å²) in [5.41, 5.74) is 1.50. The van der Waals surface area contributed by atoms with Crippen molar-refractivity contribution in [2.24, 2.45) is 0 Å². The number of rotatable bonds is 5. The maximum atomic E-state index is 13.2. The van der Waals surface area contributed by atoms with Gasteiger partial charge in [0.05, 0.1) is 25.8 Å². The van der Waals surface area contributed by atoms with Gasteiger partial charge in [-0.05, 0) is 31.2 Å². The molecule has 30 heavy (non-hydrogen) atoms. The lowest BCUT2D eigenvalue weighted by atomic mass is 9.89. The summed E-state index contributed by atoms with van der Waals surface area (Å²) in [5, 5.41) is 13.9. The van der Waals surface area contributed by atoms with Crippen LogP contribution in [0.4, 0.5) is 0 Å². The standard InChI is InChI=1S/C22H21BrClNO5/c1-28-18-9-19(29-2)21-16(27)8-17(12-4-3-11(23)7-14(12)24)30-22(21)20(18)13-5-6-25-15(13)10-26/h3-4,7-9,13,15,25-26H,5-6,10H2,1-2H3. The first-order valence-electron chi connectivity index (χ1n) is 9.50. The van der Waals surface area contributed by atoms with Crippen LogP contribution in [0.2, 0.25) is 5.02 Å². The Morgan fingerprint density at radius 3 is 2.67 bits per heavy atom. The van der Waals surface area contributed by atoms with E-state index in [2.05, 4.69) is 21.2 Å². The summed E-state index contributed by atoms with van der Waals surface area (Å²) < 4.78 is 18.2. The highest BCUT2D eigenvalue weighted by molar-refractivity contribution is 9.10. The summed E-state index contributed by atoms with van der Waals surface area (Å²) in [4.78, 5) is 13.2. The number of nitrogens with one attached hydrogen (secondary N) is 1. The molecular weight excluding hydrogens is 474 g/mol. The number of hydrogen-bond donors (Lipinski definition) is 2. The first kappa shape index (κ1) is 21.2. The summed E-state index contributed by atoms with van der Waals surface area (Å²) in [6.45, 7) is 0.707. The van der Waals surface area contributed by atoms with Gasteiger partial charge in [0.1, 0.15) is 28.2 Å². The second-order valence-corrected chi connectivity index (χ2v) is 8.46. The van der Waals surface area contributed by atoms with Gasteiger partial charge < -0.3 is 24.3 Å². The fraction of sp³-hybridized carbons (Fsp3) is 0.318. The average Bonchev–Trinajstić information content (AvgIpc) is 3.20. The third kappa shape index (κ3) is 3.60. The minimum Gasteiger partial charge on any atom is -0.496 e. The molecule has 1 fully saturated rings. The first-order chi connectivity index (χ1) is 14.5. The number of ether oxygens (including phenoxy) is 2. The first-order valence-corrected chi connectivity index (χ1v) is 10.7. The van der Waals surface area contributed by atoms with Gasteiger partial charge in [-0.2, -0.15) is 0 Å². The maximum Gasteiger partial charge on any atom is 0.197 e. The molecule has 1 aliphatic heterocycles. The SMILES string of the molecule is COc1cc(OC)c2c(=O)cc(-c3ccc(Br)cc3Cl)oc2c1C1CCNC1CO. The van der Waals surface area contributed by atoms with Gasteiger partial charge in [-0.1, -0.05) is 27.5 Å². The average molecular weight is 495 g/mol. The van der Waals surface area contributed by atoms with Crippen molar-refractivity contribution in [1.29, 1.82) is 0 Å². The van der Waals surface area contributed by atoms with Crippen molar-refractivity contribution in [1.82, 2.24) is 5.32 Å². The number of benzene rings is 2. The summed E-state index contributed by atoms with van der Waals surface area (Å²) in [6.07, 6.45) is 0.774. The maximum absolute atomic E-state index is 13.2.